The lowest BCUT2D eigenvalue weighted by molar-refractivity contribution is 0.0690. The van der Waals surface area contributed by atoms with Crippen molar-refractivity contribution in [3.05, 3.63) is 71.4 Å². The molecule has 3 aliphatic rings. The summed E-state index contributed by atoms with van der Waals surface area (Å²) < 4.78 is 11.9. The fourth-order valence-corrected chi connectivity index (χ4v) is 5.07. The Morgan fingerprint density at radius 1 is 1.16 bits per heavy atom. The predicted octanol–water partition coefficient (Wildman–Crippen LogP) is 5.86. The fourth-order valence-electron chi connectivity index (χ4n) is 5.07. The topological polar surface area (TPSA) is 102 Å². The third kappa shape index (κ3) is 4.30. The quantitative estimate of drug-likeness (QED) is 0.316. The summed E-state index contributed by atoms with van der Waals surface area (Å²) in [5.41, 5.74) is 5.64. The second-order valence-corrected chi connectivity index (χ2v) is 10.6. The maximum atomic E-state index is 11.5. The number of hydrogen-bond acceptors (Lipinski definition) is 7. The zero-order valence-corrected chi connectivity index (χ0v) is 21.1. The minimum atomic E-state index is -1.05. The minimum absolute atomic E-state index is 0.00945. The number of aromatic carboxylic acids is 1. The average molecular weight is 509 g/mol. The van der Waals surface area contributed by atoms with Gasteiger partial charge in [0.2, 0.25) is 0 Å². The number of hydrogen-bond donors (Lipinski definition) is 1. The third-order valence-corrected chi connectivity index (χ3v) is 7.57. The number of pyridine rings is 2. The SMILES string of the molecule is Cc1ncccc1-c1noc(C2CC2)c1/C=C/C1CN(c2ccc3nc(C(=O)O)cc(OC4CC4)c3c2)C1. The smallest absolute Gasteiger partial charge is 0.354 e. The normalized spacial score (nSPS) is 17.8. The van der Waals surface area contributed by atoms with Crippen molar-refractivity contribution in [2.24, 2.45) is 5.92 Å². The highest BCUT2D eigenvalue weighted by molar-refractivity contribution is 5.94. The fraction of sp³-hybridized carbons (Fsp3) is 0.333. The second-order valence-electron chi connectivity index (χ2n) is 10.6. The first-order chi connectivity index (χ1) is 18.5. The molecule has 7 rings (SSSR count). The molecule has 8 heteroatoms. The first kappa shape index (κ1) is 23.0. The molecule has 38 heavy (non-hydrogen) atoms. The van der Waals surface area contributed by atoms with Crippen LogP contribution in [0.15, 0.2) is 53.2 Å². The van der Waals surface area contributed by atoms with Crippen LogP contribution in [0.3, 0.4) is 0 Å². The molecule has 0 radical (unpaired) electrons. The molecule has 3 aromatic heterocycles. The van der Waals surface area contributed by atoms with Crippen LogP contribution in [0.4, 0.5) is 5.69 Å². The van der Waals surface area contributed by atoms with E-state index in [1.165, 1.54) is 0 Å². The Balaban J connectivity index is 1.11. The van der Waals surface area contributed by atoms with E-state index < -0.39 is 5.97 Å². The molecule has 0 spiro atoms. The number of fused-ring (bicyclic) bond motifs is 1. The highest BCUT2D eigenvalue weighted by Gasteiger charge is 2.33. The maximum Gasteiger partial charge on any atom is 0.354 e. The Labute approximate surface area is 219 Å². The van der Waals surface area contributed by atoms with Crippen LogP contribution in [0.2, 0.25) is 0 Å². The van der Waals surface area contributed by atoms with Crippen LogP contribution < -0.4 is 9.64 Å². The van der Waals surface area contributed by atoms with E-state index in [0.717, 1.165) is 78.1 Å². The van der Waals surface area contributed by atoms with Crippen LogP contribution in [0.25, 0.3) is 28.2 Å². The summed E-state index contributed by atoms with van der Waals surface area (Å²) in [5, 5.41) is 14.8. The number of carboxylic acid groups (broad SMARTS) is 1. The van der Waals surface area contributed by atoms with Crippen molar-refractivity contribution in [3.8, 4) is 17.0 Å². The summed E-state index contributed by atoms with van der Waals surface area (Å²) in [6, 6.07) is 11.5. The van der Waals surface area contributed by atoms with E-state index in [1.807, 2.05) is 25.1 Å². The van der Waals surface area contributed by atoms with Gasteiger partial charge in [-0.2, -0.15) is 0 Å². The Morgan fingerprint density at radius 2 is 2.00 bits per heavy atom. The van der Waals surface area contributed by atoms with Gasteiger partial charge in [-0.1, -0.05) is 17.3 Å². The predicted molar refractivity (Wildman–Crippen MR) is 144 cm³/mol. The molecule has 1 aliphatic heterocycles. The molecule has 0 atom stereocenters. The van der Waals surface area contributed by atoms with Crippen LogP contribution in [-0.2, 0) is 0 Å². The Morgan fingerprint density at radius 3 is 2.74 bits per heavy atom. The van der Waals surface area contributed by atoms with E-state index >= 15 is 0 Å². The number of carbonyl (C=O) groups is 1. The highest BCUT2D eigenvalue weighted by Crippen LogP contribution is 2.45. The van der Waals surface area contributed by atoms with E-state index in [2.05, 4.69) is 44.3 Å². The van der Waals surface area contributed by atoms with Gasteiger partial charge in [0, 0.05) is 65.1 Å². The molecule has 0 bridgehead atoms. The van der Waals surface area contributed by atoms with Crippen molar-refractivity contribution in [3.63, 3.8) is 0 Å². The molecule has 2 saturated carbocycles. The molecule has 3 fully saturated rings. The lowest BCUT2D eigenvalue weighted by Gasteiger charge is -2.39. The van der Waals surface area contributed by atoms with Crippen molar-refractivity contribution in [1.82, 2.24) is 15.1 Å². The Hall–Kier alpha value is -4.20. The number of anilines is 1. The number of benzene rings is 1. The van der Waals surface area contributed by atoms with Gasteiger partial charge in [0.1, 0.15) is 17.2 Å². The summed E-state index contributed by atoms with van der Waals surface area (Å²) in [5.74, 6) is 1.41. The van der Waals surface area contributed by atoms with Gasteiger partial charge in [0.25, 0.3) is 0 Å². The van der Waals surface area contributed by atoms with Crippen molar-refractivity contribution in [2.45, 2.75) is 44.6 Å². The van der Waals surface area contributed by atoms with Crippen molar-refractivity contribution in [1.29, 1.82) is 0 Å². The molecule has 4 heterocycles. The monoisotopic (exact) mass is 508 g/mol. The van der Waals surface area contributed by atoms with E-state index in [1.54, 1.807) is 12.3 Å². The summed E-state index contributed by atoms with van der Waals surface area (Å²) in [6.07, 6.45) is 10.7. The van der Waals surface area contributed by atoms with Crippen LogP contribution in [-0.4, -0.2) is 45.4 Å². The van der Waals surface area contributed by atoms with E-state index in [-0.39, 0.29) is 11.8 Å². The van der Waals surface area contributed by atoms with E-state index in [0.29, 0.717) is 23.1 Å². The standard InChI is InChI=1S/C30H28N4O4/c1-17-22(3-2-12-31-17)28-23(29(38-33-28)19-5-6-19)10-4-18-15-34(16-18)20-7-11-25-24(13-20)27(37-21-8-9-21)14-26(32-25)30(35)36/h2-4,7,10-14,18-19,21H,5-6,8-9,15-16H2,1H3,(H,35,36)/b10-4+. The molecule has 4 aromatic rings. The molecule has 1 N–H and O–H groups in total. The molecule has 1 aromatic carbocycles. The number of carboxylic acids is 1. The van der Waals surface area contributed by atoms with Gasteiger partial charge in [0.15, 0.2) is 5.69 Å². The van der Waals surface area contributed by atoms with Crippen LogP contribution in [0, 0.1) is 12.8 Å². The molecule has 0 unspecified atom stereocenters. The number of aryl methyl sites for hydroxylation is 1. The zero-order valence-electron chi connectivity index (χ0n) is 21.1. The summed E-state index contributed by atoms with van der Waals surface area (Å²) in [7, 11) is 0. The van der Waals surface area contributed by atoms with Gasteiger partial charge in [-0.05, 0) is 62.9 Å². The van der Waals surface area contributed by atoms with E-state index in [9.17, 15) is 9.90 Å². The van der Waals surface area contributed by atoms with Gasteiger partial charge in [-0.15, -0.1) is 0 Å². The van der Waals surface area contributed by atoms with Crippen molar-refractivity contribution in [2.75, 3.05) is 18.0 Å². The first-order valence-corrected chi connectivity index (χ1v) is 13.2. The Bertz CT molecular complexity index is 1580. The molecule has 192 valence electrons. The van der Waals surface area contributed by atoms with E-state index in [4.69, 9.17) is 9.26 Å². The Kier molecular flexibility index (Phi) is 5.42. The molecular weight excluding hydrogens is 480 g/mol. The molecule has 8 nitrogen and oxygen atoms in total. The minimum Gasteiger partial charge on any atom is -0.490 e. The van der Waals surface area contributed by atoms with Gasteiger partial charge in [0.05, 0.1) is 11.6 Å². The lowest BCUT2D eigenvalue weighted by atomic mass is 9.95. The van der Waals surface area contributed by atoms with Crippen LogP contribution in [0.5, 0.6) is 5.75 Å². The maximum absolute atomic E-state index is 11.5. The number of rotatable bonds is 8. The first-order valence-electron chi connectivity index (χ1n) is 13.2. The molecular formula is C30H28N4O4. The summed E-state index contributed by atoms with van der Waals surface area (Å²) in [4.78, 5) is 22.6. The summed E-state index contributed by atoms with van der Waals surface area (Å²) in [6.45, 7) is 3.79. The summed E-state index contributed by atoms with van der Waals surface area (Å²) >= 11 is 0. The van der Waals surface area contributed by atoms with Crippen LogP contribution >= 0.6 is 0 Å². The van der Waals surface area contributed by atoms with Crippen LogP contribution in [0.1, 0.15) is 59.1 Å². The number of aromatic nitrogens is 3. The lowest BCUT2D eigenvalue weighted by Crippen LogP contribution is -2.45. The van der Waals surface area contributed by atoms with Gasteiger partial charge in [-0.25, -0.2) is 9.78 Å². The van der Waals surface area contributed by atoms with Gasteiger partial charge in [-0.3, -0.25) is 4.98 Å². The average Bonchev–Trinajstić information content (AvgIpc) is 3.83. The number of ether oxygens (including phenoxy) is 1. The number of nitrogens with zero attached hydrogens (tertiary/aromatic N) is 4. The van der Waals surface area contributed by atoms with Gasteiger partial charge < -0.3 is 19.3 Å². The van der Waals surface area contributed by atoms with Crippen molar-refractivity contribution >= 4 is 28.6 Å². The third-order valence-electron chi connectivity index (χ3n) is 7.57. The van der Waals surface area contributed by atoms with Crippen molar-refractivity contribution < 1.29 is 19.2 Å². The molecule has 1 saturated heterocycles. The molecule has 0 amide bonds. The molecule has 2 aliphatic carbocycles. The largest absolute Gasteiger partial charge is 0.490 e. The van der Waals surface area contributed by atoms with Gasteiger partial charge >= 0.3 is 5.97 Å². The second kappa shape index (κ2) is 8.97. The zero-order chi connectivity index (χ0) is 25.8. The highest BCUT2D eigenvalue weighted by atomic mass is 16.5.